The van der Waals surface area contributed by atoms with Crippen LogP contribution in [0.15, 0.2) is 66.9 Å². The summed E-state index contributed by atoms with van der Waals surface area (Å²) < 4.78 is 1.46. The maximum atomic E-state index is 14.0. The Morgan fingerprint density at radius 3 is 2.02 bits per heavy atom. The van der Waals surface area contributed by atoms with E-state index in [9.17, 15) is 29.1 Å². The zero-order valence-electron chi connectivity index (χ0n) is 27.3. The fourth-order valence-electron chi connectivity index (χ4n) is 5.38. The Kier molecular flexibility index (Phi) is 14.6. The number of aromatic nitrogens is 3. The Bertz CT molecular complexity index is 1480. The number of carbonyl (C=O) groups excluding carboxylic acids is 5. The quantitative estimate of drug-likeness (QED) is 0.142. The molecule has 12 heteroatoms. The molecule has 0 bridgehead atoms. The largest absolute Gasteiger partial charge is 0.394 e. The van der Waals surface area contributed by atoms with E-state index in [2.05, 4.69) is 20.9 Å². The van der Waals surface area contributed by atoms with E-state index >= 15 is 0 Å². The van der Waals surface area contributed by atoms with E-state index in [0.717, 1.165) is 11.1 Å². The standard InChI is InChI=1S/C35H46N6O6/c1-23(2)14-27(24(3)43)17-32(44)30(16-26-12-8-5-9-13-26)38-35(47)28(18-33(45)31(22-42)37-34(46)19-36)20-41-21-29(39-40-41)15-25-10-6-4-7-11-25/h4-13,21,23,27-28,30-31,42H,14-20,22,36H2,1-3H3,(H,37,46)(H,38,47)/t27-,28+,30+,31+/m1/s1. The van der Waals surface area contributed by atoms with Gasteiger partial charge < -0.3 is 21.5 Å². The average Bonchev–Trinajstić information content (AvgIpc) is 3.49. The molecule has 2 amide bonds. The van der Waals surface area contributed by atoms with Crippen LogP contribution in [0.2, 0.25) is 0 Å². The number of amides is 2. The van der Waals surface area contributed by atoms with E-state index in [1.165, 1.54) is 11.6 Å². The van der Waals surface area contributed by atoms with Gasteiger partial charge in [0.2, 0.25) is 11.8 Å². The molecule has 1 heterocycles. The van der Waals surface area contributed by atoms with Crippen molar-refractivity contribution >= 4 is 29.2 Å². The molecular weight excluding hydrogens is 600 g/mol. The van der Waals surface area contributed by atoms with Crippen molar-refractivity contribution in [2.24, 2.45) is 23.5 Å². The van der Waals surface area contributed by atoms with Crippen LogP contribution >= 0.6 is 0 Å². The third-order valence-corrected chi connectivity index (χ3v) is 7.90. The molecule has 0 spiro atoms. The van der Waals surface area contributed by atoms with Crippen molar-refractivity contribution in [1.82, 2.24) is 25.6 Å². The molecule has 0 fully saturated rings. The number of rotatable bonds is 20. The summed E-state index contributed by atoms with van der Waals surface area (Å²) in [6.07, 6.45) is 2.53. The van der Waals surface area contributed by atoms with Crippen molar-refractivity contribution in [2.75, 3.05) is 13.2 Å². The van der Waals surface area contributed by atoms with Crippen LogP contribution in [0.4, 0.5) is 0 Å². The number of hydrogen-bond donors (Lipinski definition) is 4. The Morgan fingerprint density at radius 1 is 0.851 bits per heavy atom. The van der Waals surface area contributed by atoms with Crippen LogP contribution in [0.5, 0.6) is 0 Å². The van der Waals surface area contributed by atoms with Crippen LogP contribution in [0.1, 0.15) is 56.9 Å². The summed E-state index contributed by atoms with van der Waals surface area (Å²) in [5, 5.41) is 23.5. The molecule has 0 saturated carbocycles. The third-order valence-electron chi connectivity index (χ3n) is 7.90. The first-order chi connectivity index (χ1) is 22.5. The van der Waals surface area contributed by atoms with E-state index < -0.39 is 48.1 Å². The second-order valence-electron chi connectivity index (χ2n) is 12.3. The first kappa shape index (κ1) is 36.9. The highest BCUT2D eigenvalue weighted by Crippen LogP contribution is 2.20. The Hall–Kier alpha value is -4.55. The number of Topliss-reactive ketones (excluding diaryl/α,β-unsaturated/α-hetero) is 3. The van der Waals surface area contributed by atoms with Crippen LogP contribution < -0.4 is 16.4 Å². The zero-order chi connectivity index (χ0) is 34.3. The van der Waals surface area contributed by atoms with Gasteiger partial charge in [-0.2, -0.15) is 0 Å². The highest BCUT2D eigenvalue weighted by molar-refractivity contribution is 5.95. The number of aliphatic hydroxyl groups excluding tert-OH is 1. The maximum Gasteiger partial charge on any atom is 0.234 e. The molecular formula is C35H46N6O6. The number of hydrogen-bond acceptors (Lipinski definition) is 9. The maximum absolute atomic E-state index is 14.0. The second-order valence-corrected chi connectivity index (χ2v) is 12.3. The molecule has 4 atom stereocenters. The molecule has 3 rings (SSSR count). The summed E-state index contributed by atoms with van der Waals surface area (Å²) in [7, 11) is 0. The van der Waals surface area contributed by atoms with Crippen molar-refractivity contribution < 1.29 is 29.1 Å². The molecule has 5 N–H and O–H groups in total. The summed E-state index contributed by atoms with van der Waals surface area (Å²) in [6.45, 7) is 4.32. The number of nitrogens with zero attached hydrogens (tertiary/aromatic N) is 3. The van der Waals surface area contributed by atoms with Crippen LogP contribution in [0.3, 0.4) is 0 Å². The molecule has 0 aliphatic rings. The minimum absolute atomic E-state index is 0.0292. The Labute approximate surface area is 275 Å². The van der Waals surface area contributed by atoms with Gasteiger partial charge in [0.25, 0.3) is 0 Å². The minimum Gasteiger partial charge on any atom is -0.394 e. The van der Waals surface area contributed by atoms with Crippen LogP contribution in [0, 0.1) is 17.8 Å². The molecule has 0 aliphatic heterocycles. The topological polar surface area (TPSA) is 186 Å². The first-order valence-corrected chi connectivity index (χ1v) is 15.9. The summed E-state index contributed by atoms with van der Waals surface area (Å²) in [4.78, 5) is 65.2. The number of aliphatic hydroxyl groups is 1. The van der Waals surface area contributed by atoms with Gasteiger partial charge in [0.15, 0.2) is 11.6 Å². The number of ketones is 3. The van der Waals surface area contributed by atoms with E-state index in [4.69, 9.17) is 5.73 Å². The van der Waals surface area contributed by atoms with Crippen molar-refractivity contribution in [3.63, 3.8) is 0 Å². The van der Waals surface area contributed by atoms with Crippen molar-refractivity contribution in [3.05, 3.63) is 83.7 Å². The molecule has 0 aliphatic carbocycles. The molecule has 0 radical (unpaired) electrons. The predicted molar refractivity (Wildman–Crippen MR) is 176 cm³/mol. The van der Waals surface area contributed by atoms with Gasteiger partial charge >= 0.3 is 0 Å². The van der Waals surface area contributed by atoms with Gasteiger partial charge in [-0.05, 0) is 36.8 Å². The number of benzene rings is 2. The van der Waals surface area contributed by atoms with Gasteiger partial charge in [0.05, 0.1) is 37.4 Å². The predicted octanol–water partition coefficient (Wildman–Crippen LogP) is 1.82. The average molecular weight is 647 g/mol. The highest BCUT2D eigenvalue weighted by atomic mass is 16.3. The van der Waals surface area contributed by atoms with Gasteiger partial charge in [-0.1, -0.05) is 79.7 Å². The van der Waals surface area contributed by atoms with Crippen molar-refractivity contribution in [3.8, 4) is 0 Å². The summed E-state index contributed by atoms with van der Waals surface area (Å²) >= 11 is 0. The molecule has 2 aromatic carbocycles. The molecule has 252 valence electrons. The fraction of sp³-hybridized carbons (Fsp3) is 0.457. The van der Waals surface area contributed by atoms with Gasteiger partial charge in [-0.25, -0.2) is 0 Å². The van der Waals surface area contributed by atoms with Gasteiger partial charge in [-0.3, -0.25) is 28.7 Å². The fourth-order valence-corrected chi connectivity index (χ4v) is 5.38. The molecule has 0 saturated heterocycles. The lowest BCUT2D eigenvalue weighted by Gasteiger charge is -2.25. The van der Waals surface area contributed by atoms with Crippen LogP contribution in [-0.4, -0.2) is 74.5 Å². The lowest BCUT2D eigenvalue weighted by atomic mass is 9.86. The Balaban J connectivity index is 1.88. The lowest BCUT2D eigenvalue weighted by Crippen LogP contribution is -2.49. The minimum atomic E-state index is -1.26. The van der Waals surface area contributed by atoms with E-state index in [-0.39, 0.29) is 49.8 Å². The second kappa shape index (κ2) is 18.6. The van der Waals surface area contributed by atoms with Crippen LogP contribution in [0.25, 0.3) is 0 Å². The molecule has 1 aromatic heterocycles. The zero-order valence-corrected chi connectivity index (χ0v) is 27.3. The summed E-state index contributed by atoms with van der Waals surface area (Å²) in [5.74, 6) is -3.50. The van der Waals surface area contributed by atoms with Crippen molar-refractivity contribution in [1.29, 1.82) is 0 Å². The Morgan fingerprint density at radius 2 is 1.45 bits per heavy atom. The number of nitrogens with two attached hydrogens (primary N) is 1. The van der Waals surface area contributed by atoms with E-state index in [1.807, 2.05) is 74.5 Å². The normalized spacial score (nSPS) is 13.7. The monoisotopic (exact) mass is 646 g/mol. The van der Waals surface area contributed by atoms with Gasteiger partial charge in [0.1, 0.15) is 11.8 Å². The molecule has 3 aromatic rings. The molecule has 0 unspecified atom stereocenters. The van der Waals surface area contributed by atoms with E-state index in [1.54, 1.807) is 6.20 Å². The third kappa shape index (κ3) is 12.3. The molecule has 12 nitrogen and oxygen atoms in total. The lowest BCUT2D eigenvalue weighted by molar-refractivity contribution is -0.135. The number of nitrogens with one attached hydrogen (secondary N) is 2. The smallest absolute Gasteiger partial charge is 0.234 e. The van der Waals surface area contributed by atoms with Gasteiger partial charge in [-0.15, -0.1) is 5.10 Å². The SMILES string of the molecule is CC(=O)[C@@H](CC(=O)[C@H](Cc1ccccc1)NC(=O)[C@@H](CC(=O)[C@H](CO)NC(=O)CN)Cn1cc(Cc2ccccc2)nn1)CC(C)C. The van der Waals surface area contributed by atoms with Gasteiger partial charge in [0, 0.05) is 31.4 Å². The van der Waals surface area contributed by atoms with E-state index in [0.29, 0.717) is 18.5 Å². The first-order valence-electron chi connectivity index (χ1n) is 15.9. The summed E-state index contributed by atoms with van der Waals surface area (Å²) in [5.41, 5.74) is 7.86. The number of carbonyl (C=O) groups is 5. The highest BCUT2D eigenvalue weighted by Gasteiger charge is 2.32. The molecule has 47 heavy (non-hydrogen) atoms. The van der Waals surface area contributed by atoms with Crippen molar-refractivity contribution in [2.45, 2.75) is 71.5 Å². The van der Waals surface area contributed by atoms with Crippen LogP contribution in [-0.2, 0) is 43.4 Å². The summed E-state index contributed by atoms with van der Waals surface area (Å²) in [6, 6.07) is 16.6.